The van der Waals surface area contributed by atoms with Crippen molar-refractivity contribution < 1.29 is 18.3 Å². The Hall–Kier alpha value is -3.13. The van der Waals surface area contributed by atoms with Crippen molar-refractivity contribution in [1.29, 1.82) is 0 Å². The van der Waals surface area contributed by atoms with Crippen LogP contribution in [0.1, 0.15) is 12.5 Å². The molecule has 8 heteroatoms. The van der Waals surface area contributed by atoms with Gasteiger partial charge in [-0.05, 0) is 55.5 Å². The molecule has 2 aromatic carbocycles. The van der Waals surface area contributed by atoms with Crippen LogP contribution in [0.5, 0.6) is 0 Å². The fourth-order valence-corrected chi connectivity index (χ4v) is 3.83. The molecule has 1 aromatic heterocycles. The van der Waals surface area contributed by atoms with Gasteiger partial charge in [0.25, 0.3) is 5.91 Å². The number of allylic oxidation sites excluding steroid dienone is 1. The van der Waals surface area contributed by atoms with Gasteiger partial charge in [-0.15, -0.1) is 0 Å². The molecular weight excluding hydrogens is 445 g/mol. The van der Waals surface area contributed by atoms with E-state index in [-0.39, 0.29) is 11.7 Å². The standard InChI is InChI=1S/C25H25ClFN3O3/c1-16(25(31)29-30-7-9-32-10-8-30)11-17(2)28-15-20-13-21(26)12-19-14-23(33-24(19)20)18-3-5-22(27)6-4-18/h3-6,11-14,28H,1,7-10,15H2,2H3,(H,29,31)/b17-11-. The third-order valence-corrected chi connectivity index (χ3v) is 5.52. The summed E-state index contributed by atoms with van der Waals surface area (Å²) in [6, 6.07) is 11.7. The van der Waals surface area contributed by atoms with Gasteiger partial charge < -0.3 is 14.5 Å². The van der Waals surface area contributed by atoms with E-state index in [1.165, 1.54) is 12.1 Å². The number of nitrogens with one attached hydrogen (secondary N) is 2. The molecule has 0 saturated carbocycles. The van der Waals surface area contributed by atoms with E-state index < -0.39 is 0 Å². The summed E-state index contributed by atoms with van der Waals surface area (Å²) < 4.78 is 24.6. The number of carbonyl (C=O) groups is 1. The predicted molar refractivity (Wildman–Crippen MR) is 127 cm³/mol. The lowest BCUT2D eigenvalue weighted by atomic mass is 10.1. The minimum absolute atomic E-state index is 0.252. The summed E-state index contributed by atoms with van der Waals surface area (Å²) in [6.07, 6.45) is 1.70. The van der Waals surface area contributed by atoms with Gasteiger partial charge in [0.05, 0.1) is 13.2 Å². The number of benzene rings is 2. The molecule has 2 heterocycles. The zero-order chi connectivity index (χ0) is 23.4. The Morgan fingerprint density at radius 2 is 1.94 bits per heavy atom. The van der Waals surface area contributed by atoms with Crippen molar-refractivity contribution in [3.8, 4) is 11.3 Å². The monoisotopic (exact) mass is 469 g/mol. The molecular formula is C25H25ClFN3O3. The highest BCUT2D eigenvalue weighted by Gasteiger charge is 2.15. The van der Waals surface area contributed by atoms with Crippen LogP contribution >= 0.6 is 11.6 Å². The van der Waals surface area contributed by atoms with Gasteiger partial charge in [-0.25, -0.2) is 9.40 Å². The molecule has 6 nitrogen and oxygen atoms in total. The number of morpholine rings is 1. The maximum absolute atomic E-state index is 13.3. The fraction of sp³-hybridized carbons (Fsp3) is 0.240. The minimum atomic E-state index is -0.301. The summed E-state index contributed by atoms with van der Waals surface area (Å²) in [5.74, 6) is 0.0809. The van der Waals surface area contributed by atoms with Crippen LogP contribution in [0, 0.1) is 5.82 Å². The number of hydrogen-bond acceptors (Lipinski definition) is 5. The maximum atomic E-state index is 13.3. The van der Waals surface area contributed by atoms with E-state index in [2.05, 4.69) is 17.3 Å². The Balaban J connectivity index is 1.45. The topological polar surface area (TPSA) is 66.7 Å². The Bertz CT molecular complexity index is 1200. The molecule has 1 saturated heterocycles. The first-order valence-electron chi connectivity index (χ1n) is 10.6. The number of hydrogen-bond donors (Lipinski definition) is 2. The molecule has 1 amide bonds. The molecule has 1 aliphatic rings. The van der Waals surface area contributed by atoms with E-state index >= 15 is 0 Å². The van der Waals surface area contributed by atoms with Crippen molar-refractivity contribution in [1.82, 2.24) is 15.8 Å². The number of fused-ring (bicyclic) bond motifs is 1. The zero-order valence-corrected chi connectivity index (χ0v) is 19.0. The van der Waals surface area contributed by atoms with Gasteiger partial charge in [-0.3, -0.25) is 10.2 Å². The second-order valence-electron chi connectivity index (χ2n) is 7.85. The van der Waals surface area contributed by atoms with Crippen molar-refractivity contribution in [3.05, 3.63) is 82.8 Å². The van der Waals surface area contributed by atoms with Crippen molar-refractivity contribution >= 4 is 28.5 Å². The predicted octanol–water partition coefficient (Wildman–Crippen LogP) is 4.81. The van der Waals surface area contributed by atoms with E-state index in [4.69, 9.17) is 20.8 Å². The molecule has 0 spiro atoms. The molecule has 0 bridgehead atoms. The molecule has 3 aromatic rings. The normalized spacial score (nSPS) is 14.9. The number of amides is 1. The van der Waals surface area contributed by atoms with E-state index in [0.717, 1.165) is 22.2 Å². The van der Waals surface area contributed by atoms with Crippen LogP contribution < -0.4 is 10.7 Å². The number of rotatable bonds is 7. The first-order chi connectivity index (χ1) is 15.9. The number of ether oxygens (including phenoxy) is 1. The van der Waals surface area contributed by atoms with Gasteiger partial charge in [0.2, 0.25) is 0 Å². The van der Waals surface area contributed by atoms with Crippen molar-refractivity contribution in [2.75, 3.05) is 26.3 Å². The summed E-state index contributed by atoms with van der Waals surface area (Å²) in [7, 11) is 0. The van der Waals surface area contributed by atoms with Crippen LogP contribution in [-0.4, -0.2) is 37.2 Å². The largest absolute Gasteiger partial charge is 0.456 e. The number of furan rings is 1. The zero-order valence-electron chi connectivity index (χ0n) is 18.3. The van der Waals surface area contributed by atoms with Crippen molar-refractivity contribution in [2.45, 2.75) is 13.5 Å². The highest BCUT2D eigenvalue weighted by Crippen LogP contribution is 2.32. The summed E-state index contributed by atoms with van der Waals surface area (Å²) in [5.41, 5.74) is 6.30. The number of hydrazine groups is 1. The summed E-state index contributed by atoms with van der Waals surface area (Å²) >= 11 is 6.32. The lowest BCUT2D eigenvalue weighted by Gasteiger charge is -2.27. The van der Waals surface area contributed by atoms with Crippen LogP contribution in [0.4, 0.5) is 4.39 Å². The van der Waals surface area contributed by atoms with E-state index in [9.17, 15) is 9.18 Å². The number of halogens is 2. The molecule has 172 valence electrons. The van der Waals surface area contributed by atoms with Crippen molar-refractivity contribution in [3.63, 3.8) is 0 Å². The highest BCUT2D eigenvalue weighted by molar-refractivity contribution is 6.31. The third kappa shape index (κ3) is 5.82. The second kappa shape index (κ2) is 10.2. The van der Waals surface area contributed by atoms with Crippen LogP contribution in [0.2, 0.25) is 5.02 Å². The van der Waals surface area contributed by atoms with Crippen LogP contribution in [0.25, 0.3) is 22.3 Å². The van der Waals surface area contributed by atoms with Gasteiger partial charge in [0.1, 0.15) is 17.2 Å². The highest BCUT2D eigenvalue weighted by atomic mass is 35.5. The third-order valence-electron chi connectivity index (χ3n) is 5.30. The molecule has 0 atom stereocenters. The van der Waals surface area contributed by atoms with E-state index in [1.807, 2.05) is 30.1 Å². The Kier molecular flexibility index (Phi) is 7.13. The van der Waals surface area contributed by atoms with Crippen molar-refractivity contribution in [2.24, 2.45) is 0 Å². The Morgan fingerprint density at radius 3 is 2.67 bits per heavy atom. The Morgan fingerprint density at radius 1 is 1.21 bits per heavy atom. The lowest BCUT2D eigenvalue weighted by Crippen LogP contribution is -2.48. The van der Waals surface area contributed by atoms with Crippen LogP contribution in [0.15, 0.2) is 70.8 Å². The minimum Gasteiger partial charge on any atom is -0.456 e. The molecule has 0 aliphatic carbocycles. The lowest BCUT2D eigenvalue weighted by molar-refractivity contribution is -0.123. The summed E-state index contributed by atoms with van der Waals surface area (Å²) in [4.78, 5) is 12.4. The van der Waals surface area contributed by atoms with Gasteiger partial charge in [-0.1, -0.05) is 18.2 Å². The van der Waals surface area contributed by atoms with Gasteiger partial charge in [0.15, 0.2) is 0 Å². The SMILES string of the molecule is C=C(/C=C(/C)NCc1cc(Cl)cc2cc(-c3ccc(F)cc3)oc12)C(=O)NN1CCOCC1. The molecule has 2 N–H and O–H groups in total. The summed E-state index contributed by atoms with van der Waals surface area (Å²) in [5, 5.41) is 6.55. The first-order valence-corrected chi connectivity index (χ1v) is 11.0. The second-order valence-corrected chi connectivity index (χ2v) is 8.28. The molecule has 0 radical (unpaired) electrons. The average Bonchev–Trinajstić information content (AvgIpc) is 3.22. The first kappa shape index (κ1) is 23.0. The Labute approximate surface area is 196 Å². The van der Waals surface area contributed by atoms with E-state index in [0.29, 0.717) is 54.8 Å². The quantitative estimate of drug-likeness (QED) is 0.384. The van der Waals surface area contributed by atoms with Gasteiger partial charge >= 0.3 is 0 Å². The fourth-order valence-electron chi connectivity index (χ4n) is 3.58. The van der Waals surface area contributed by atoms with Crippen LogP contribution in [-0.2, 0) is 16.1 Å². The van der Waals surface area contributed by atoms with Gasteiger partial charge in [0, 0.05) is 52.4 Å². The molecule has 33 heavy (non-hydrogen) atoms. The maximum Gasteiger partial charge on any atom is 0.265 e. The smallest absolute Gasteiger partial charge is 0.265 e. The molecule has 0 unspecified atom stereocenters. The number of carbonyl (C=O) groups excluding carboxylic acids is 1. The average molecular weight is 470 g/mol. The van der Waals surface area contributed by atoms with E-state index in [1.54, 1.807) is 18.2 Å². The summed E-state index contributed by atoms with van der Waals surface area (Å²) in [6.45, 7) is 8.64. The number of nitrogens with zero attached hydrogens (tertiary/aromatic N) is 1. The van der Waals surface area contributed by atoms with Crippen LogP contribution in [0.3, 0.4) is 0 Å². The molecule has 4 rings (SSSR count). The molecule has 1 fully saturated rings. The van der Waals surface area contributed by atoms with Gasteiger partial charge in [-0.2, -0.15) is 0 Å². The molecule has 1 aliphatic heterocycles.